The van der Waals surface area contributed by atoms with Crippen LogP contribution in [0.15, 0.2) is 0 Å². The molecule has 0 radical (unpaired) electrons. The number of nitrogens with zero attached hydrogens (tertiary/aromatic N) is 1. The van der Waals surface area contributed by atoms with Crippen LogP contribution in [-0.2, 0) is 14.4 Å². The zero-order valence-corrected chi connectivity index (χ0v) is 15.6. The van der Waals surface area contributed by atoms with Crippen molar-refractivity contribution in [2.75, 3.05) is 0 Å². The number of hydrogen-bond acceptors (Lipinski definition) is 3. The lowest BCUT2D eigenvalue weighted by atomic mass is 9.81. The second kappa shape index (κ2) is 5.58. The molecule has 0 aromatic rings. The van der Waals surface area contributed by atoms with Gasteiger partial charge in [-0.2, -0.15) is 0 Å². The highest BCUT2D eigenvalue weighted by Crippen LogP contribution is 2.60. The number of hydrogen-bond donors (Lipinski definition) is 1. The molecule has 7 atom stereocenters. The van der Waals surface area contributed by atoms with Crippen LogP contribution in [0.3, 0.4) is 0 Å². The first-order chi connectivity index (χ1) is 10.3. The summed E-state index contributed by atoms with van der Waals surface area (Å²) in [6, 6.07) is -1.03. The topological polar surface area (TPSA) is 74.7 Å². The lowest BCUT2D eigenvalue weighted by Crippen LogP contribution is -2.47. The predicted octanol–water partition coefficient (Wildman–Crippen LogP) is 2.26. The van der Waals surface area contributed by atoms with Gasteiger partial charge in [0.2, 0.25) is 11.8 Å². The largest absolute Gasteiger partial charge is 0.480 e. The van der Waals surface area contributed by atoms with E-state index in [1.54, 1.807) is 0 Å². The van der Waals surface area contributed by atoms with E-state index in [0.29, 0.717) is 6.42 Å². The first kappa shape index (κ1) is 16.4. The van der Waals surface area contributed by atoms with Gasteiger partial charge in [-0.25, -0.2) is 4.79 Å². The van der Waals surface area contributed by atoms with E-state index in [-0.39, 0.29) is 51.1 Å². The molecule has 2 saturated carbocycles. The molecule has 2 amide bonds. The Morgan fingerprint density at radius 1 is 1.18 bits per heavy atom. The number of carbonyl (C=O) groups is 3. The number of halogens is 2. The molecule has 5 nitrogen and oxygen atoms in total. The molecule has 2 aliphatic carbocycles. The molecule has 2 bridgehead atoms. The second-order valence-electron chi connectivity index (χ2n) is 7.03. The monoisotopic (exact) mass is 435 g/mol. The molecule has 7 heteroatoms. The number of fused-ring (bicyclic) bond motifs is 5. The van der Waals surface area contributed by atoms with Gasteiger partial charge in [0.15, 0.2) is 0 Å². The van der Waals surface area contributed by atoms with E-state index in [0.717, 1.165) is 11.3 Å². The van der Waals surface area contributed by atoms with Crippen molar-refractivity contribution in [2.45, 2.75) is 42.4 Å². The average Bonchev–Trinajstić information content (AvgIpc) is 3.02. The molecule has 0 unspecified atom stereocenters. The summed E-state index contributed by atoms with van der Waals surface area (Å²) >= 11 is 7.25. The van der Waals surface area contributed by atoms with Crippen molar-refractivity contribution in [3.63, 3.8) is 0 Å². The van der Waals surface area contributed by atoms with Crippen LogP contribution in [-0.4, -0.2) is 43.5 Å². The Morgan fingerprint density at radius 3 is 2.00 bits per heavy atom. The molecule has 1 aliphatic heterocycles. The van der Waals surface area contributed by atoms with Crippen molar-refractivity contribution in [1.29, 1.82) is 0 Å². The third-order valence-corrected chi connectivity index (χ3v) is 8.52. The number of aliphatic carboxylic acids is 1. The maximum atomic E-state index is 12.8. The molecule has 0 aromatic carbocycles. The SMILES string of the molecule is CC(C)C[C@H](C(=O)O)N1C(=O)[C@@H]2[C@H]3C[C@@H]([C@H](Br)[C@H]3Br)[C@H]2C1=O. The highest BCUT2D eigenvalue weighted by molar-refractivity contribution is 9.12. The molecular weight excluding hydrogens is 418 g/mol. The zero-order chi connectivity index (χ0) is 16.3. The second-order valence-corrected chi connectivity index (χ2v) is 9.15. The predicted molar refractivity (Wildman–Crippen MR) is 86.7 cm³/mol. The fourth-order valence-electron chi connectivity index (χ4n) is 4.44. The Morgan fingerprint density at radius 2 is 1.64 bits per heavy atom. The number of imide groups is 1. The molecule has 1 N–H and O–H groups in total. The van der Waals surface area contributed by atoms with Crippen molar-refractivity contribution in [1.82, 2.24) is 4.90 Å². The molecule has 1 heterocycles. The number of amides is 2. The van der Waals surface area contributed by atoms with Crippen molar-refractivity contribution in [3.8, 4) is 0 Å². The number of likely N-dealkylation sites (tertiary alicyclic amines) is 1. The van der Waals surface area contributed by atoms with Gasteiger partial charge < -0.3 is 5.11 Å². The minimum Gasteiger partial charge on any atom is -0.480 e. The van der Waals surface area contributed by atoms with Crippen LogP contribution in [0.25, 0.3) is 0 Å². The normalized spacial score (nSPS) is 41.4. The molecule has 3 aliphatic rings. The van der Waals surface area contributed by atoms with E-state index in [1.807, 2.05) is 13.8 Å². The van der Waals surface area contributed by atoms with Crippen LogP contribution in [0.2, 0.25) is 0 Å². The van der Waals surface area contributed by atoms with Crippen molar-refractivity contribution < 1.29 is 19.5 Å². The van der Waals surface area contributed by atoms with Gasteiger partial charge in [-0.05, 0) is 30.6 Å². The first-order valence-electron chi connectivity index (χ1n) is 7.63. The molecule has 1 saturated heterocycles. The van der Waals surface area contributed by atoms with Crippen LogP contribution in [0.5, 0.6) is 0 Å². The van der Waals surface area contributed by atoms with Crippen molar-refractivity contribution >= 4 is 49.6 Å². The van der Waals surface area contributed by atoms with E-state index in [2.05, 4.69) is 31.9 Å². The summed E-state index contributed by atoms with van der Waals surface area (Å²) in [7, 11) is 0. The number of carbonyl (C=O) groups excluding carboxylic acids is 2. The smallest absolute Gasteiger partial charge is 0.326 e. The molecule has 0 spiro atoms. The van der Waals surface area contributed by atoms with Crippen LogP contribution in [0.1, 0.15) is 26.7 Å². The lowest BCUT2D eigenvalue weighted by molar-refractivity contribution is -0.156. The van der Waals surface area contributed by atoms with Crippen LogP contribution in [0.4, 0.5) is 0 Å². The van der Waals surface area contributed by atoms with Crippen LogP contribution >= 0.6 is 31.9 Å². The quantitative estimate of drug-likeness (QED) is 0.541. The lowest BCUT2D eigenvalue weighted by Gasteiger charge is -2.28. The van der Waals surface area contributed by atoms with Gasteiger partial charge in [-0.1, -0.05) is 45.7 Å². The van der Waals surface area contributed by atoms with Gasteiger partial charge in [-0.15, -0.1) is 0 Å². The fourth-order valence-corrected chi connectivity index (χ4v) is 6.32. The Kier molecular flexibility index (Phi) is 4.17. The van der Waals surface area contributed by atoms with Crippen LogP contribution in [0, 0.1) is 29.6 Å². The molecule has 22 heavy (non-hydrogen) atoms. The molecule has 3 rings (SSSR count). The number of rotatable bonds is 4. The summed E-state index contributed by atoms with van der Waals surface area (Å²) in [6.07, 6.45) is 1.16. The third-order valence-electron chi connectivity index (χ3n) is 5.31. The molecule has 122 valence electrons. The zero-order valence-electron chi connectivity index (χ0n) is 12.4. The molecule has 3 fully saturated rings. The van der Waals surface area contributed by atoms with Crippen molar-refractivity contribution in [3.05, 3.63) is 0 Å². The van der Waals surface area contributed by atoms with Gasteiger partial charge in [0.25, 0.3) is 0 Å². The summed E-state index contributed by atoms with van der Waals surface area (Å²) in [4.78, 5) is 38.5. The summed E-state index contributed by atoms with van der Waals surface area (Å²) < 4.78 is 0. The van der Waals surface area contributed by atoms with Gasteiger partial charge in [-0.3, -0.25) is 14.5 Å². The van der Waals surface area contributed by atoms with Gasteiger partial charge in [0.05, 0.1) is 11.8 Å². The van der Waals surface area contributed by atoms with Gasteiger partial charge in [0, 0.05) is 9.65 Å². The van der Waals surface area contributed by atoms with Crippen LogP contribution < -0.4 is 0 Å². The summed E-state index contributed by atoms with van der Waals surface area (Å²) in [5.41, 5.74) is 0. The number of alkyl halides is 2. The standard InChI is InChI=1S/C15H19Br2NO4/c1-5(2)3-8(15(21)22)18-13(19)9-6-4-7(10(9)14(18)20)12(17)11(6)16/h5-12H,3-4H2,1-2H3,(H,21,22)/t6-,7-,8-,9-,10-,11+,12+/m1/s1. The first-order valence-corrected chi connectivity index (χ1v) is 9.46. The third kappa shape index (κ3) is 2.19. The van der Waals surface area contributed by atoms with E-state index >= 15 is 0 Å². The van der Waals surface area contributed by atoms with E-state index in [1.165, 1.54) is 0 Å². The highest BCUT2D eigenvalue weighted by atomic mass is 79.9. The minimum absolute atomic E-state index is 0.103. The Balaban J connectivity index is 1.92. The number of carboxylic acid groups (broad SMARTS) is 1. The Hall–Kier alpha value is -0.430. The van der Waals surface area contributed by atoms with Gasteiger partial charge in [0.1, 0.15) is 6.04 Å². The van der Waals surface area contributed by atoms with E-state index in [9.17, 15) is 19.5 Å². The molecule has 0 aromatic heterocycles. The summed E-state index contributed by atoms with van der Waals surface area (Å²) in [5, 5.41) is 9.47. The maximum Gasteiger partial charge on any atom is 0.326 e. The fraction of sp³-hybridized carbons (Fsp3) is 0.800. The summed E-state index contributed by atoms with van der Waals surface area (Å²) in [6.45, 7) is 3.79. The van der Waals surface area contributed by atoms with Gasteiger partial charge >= 0.3 is 5.97 Å². The Bertz CT molecular complexity index is 506. The highest BCUT2D eigenvalue weighted by Gasteiger charge is 2.67. The minimum atomic E-state index is -1.09. The molecular formula is C15H19Br2NO4. The average molecular weight is 437 g/mol. The Labute approximate surface area is 146 Å². The summed E-state index contributed by atoms with van der Waals surface area (Å²) in [5.74, 6) is -1.99. The van der Waals surface area contributed by atoms with Crippen molar-refractivity contribution in [2.24, 2.45) is 29.6 Å². The maximum absolute atomic E-state index is 12.8. The van der Waals surface area contributed by atoms with E-state index < -0.39 is 12.0 Å². The number of carboxylic acids is 1. The van der Waals surface area contributed by atoms with E-state index in [4.69, 9.17) is 0 Å².